The Kier molecular flexibility index (Phi) is 7.12. The van der Waals surface area contributed by atoms with E-state index in [1.54, 1.807) is 16.7 Å². The molecule has 3 amide bonds. The molecule has 7 heteroatoms. The zero-order valence-electron chi connectivity index (χ0n) is 17.4. The van der Waals surface area contributed by atoms with E-state index in [0.29, 0.717) is 38.3 Å². The van der Waals surface area contributed by atoms with E-state index in [4.69, 9.17) is 4.74 Å². The van der Waals surface area contributed by atoms with Crippen LogP contribution in [0.1, 0.15) is 48.5 Å². The highest BCUT2D eigenvalue weighted by atomic mass is 16.6. The number of hydrogen-bond donors (Lipinski definition) is 1. The third-order valence-corrected chi connectivity index (χ3v) is 5.75. The Hall–Kier alpha value is -2.57. The minimum Gasteiger partial charge on any atom is -0.450 e. The predicted molar refractivity (Wildman–Crippen MR) is 110 cm³/mol. The van der Waals surface area contributed by atoms with Gasteiger partial charge in [0.2, 0.25) is 5.91 Å². The average Bonchev–Trinajstić information content (AvgIpc) is 2.74. The number of likely N-dealkylation sites (tertiary alicyclic amines) is 2. The molecule has 2 aliphatic heterocycles. The number of carbonyl (C=O) groups excluding carboxylic acids is 3. The van der Waals surface area contributed by atoms with E-state index in [2.05, 4.69) is 5.32 Å². The molecule has 0 radical (unpaired) electrons. The van der Waals surface area contributed by atoms with Crippen molar-refractivity contribution in [1.29, 1.82) is 0 Å². The Morgan fingerprint density at radius 3 is 2.38 bits per heavy atom. The van der Waals surface area contributed by atoms with Crippen LogP contribution in [0, 0.1) is 12.8 Å². The third-order valence-electron chi connectivity index (χ3n) is 5.75. The van der Waals surface area contributed by atoms with Crippen LogP contribution in [0.5, 0.6) is 0 Å². The van der Waals surface area contributed by atoms with Crippen molar-refractivity contribution in [2.24, 2.45) is 5.92 Å². The number of piperidine rings is 2. The van der Waals surface area contributed by atoms with Crippen molar-refractivity contribution in [3.05, 3.63) is 35.4 Å². The highest BCUT2D eigenvalue weighted by Crippen LogP contribution is 2.20. The van der Waals surface area contributed by atoms with Crippen LogP contribution >= 0.6 is 0 Å². The van der Waals surface area contributed by atoms with Gasteiger partial charge in [-0.2, -0.15) is 0 Å². The smallest absolute Gasteiger partial charge is 0.409 e. The van der Waals surface area contributed by atoms with E-state index < -0.39 is 0 Å². The number of carbonyl (C=O) groups is 3. The molecule has 2 aliphatic rings. The number of benzene rings is 1. The standard InChI is InChI=1S/C22H31N3O4/c1-3-29-22(28)24-13-10-19(11-14-24)23-20(26)18-5-4-12-25(15-18)21(27)17-8-6-16(2)7-9-17/h6-9,18-19H,3-5,10-15H2,1-2H3,(H,23,26). The molecule has 1 aromatic carbocycles. The normalized spacial score (nSPS) is 20.3. The van der Waals surface area contributed by atoms with Crippen LogP contribution < -0.4 is 5.32 Å². The highest BCUT2D eigenvalue weighted by Gasteiger charge is 2.31. The van der Waals surface area contributed by atoms with Gasteiger partial charge in [0.1, 0.15) is 0 Å². The van der Waals surface area contributed by atoms with E-state index in [1.807, 2.05) is 31.2 Å². The molecule has 0 saturated carbocycles. The molecule has 3 rings (SSSR count). The van der Waals surface area contributed by atoms with Crippen molar-refractivity contribution < 1.29 is 19.1 Å². The van der Waals surface area contributed by atoms with Crippen molar-refractivity contribution >= 4 is 17.9 Å². The van der Waals surface area contributed by atoms with Crippen LogP contribution in [0.2, 0.25) is 0 Å². The van der Waals surface area contributed by atoms with Gasteiger partial charge in [-0.1, -0.05) is 17.7 Å². The molecular formula is C22H31N3O4. The molecule has 0 aromatic heterocycles. The van der Waals surface area contributed by atoms with Crippen LogP contribution in [0.4, 0.5) is 4.79 Å². The van der Waals surface area contributed by atoms with E-state index in [9.17, 15) is 14.4 Å². The number of rotatable bonds is 4. The number of amides is 3. The topological polar surface area (TPSA) is 79.0 Å². The molecule has 7 nitrogen and oxygen atoms in total. The fourth-order valence-electron chi connectivity index (χ4n) is 3.99. The molecule has 1 unspecified atom stereocenters. The summed E-state index contributed by atoms with van der Waals surface area (Å²) in [5, 5.41) is 3.13. The quantitative estimate of drug-likeness (QED) is 0.841. The summed E-state index contributed by atoms with van der Waals surface area (Å²) >= 11 is 0. The zero-order valence-corrected chi connectivity index (χ0v) is 17.4. The molecule has 29 heavy (non-hydrogen) atoms. The Morgan fingerprint density at radius 1 is 1.03 bits per heavy atom. The zero-order chi connectivity index (χ0) is 20.8. The largest absolute Gasteiger partial charge is 0.450 e. The lowest BCUT2D eigenvalue weighted by Crippen LogP contribution is -2.50. The number of hydrogen-bond acceptors (Lipinski definition) is 4. The van der Waals surface area contributed by atoms with Crippen LogP contribution in [0.25, 0.3) is 0 Å². The van der Waals surface area contributed by atoms with Crippen molar-refractivity contribution in [1.82, 2.24) is 15.1 Å². The maximum absolute atomic E-state index is 12.8. The highest BCUT2D eigenvalue weighted by molar-refractivity contribution is 5.94. The van der Waals surface area contributed by atoms with Gasteiger partial charge in [-0.05, 0) is 51.7 Å². The molecule has 1 N–H and O–H groups in total. The Morgan fingerprint density at radius 2 is 1.72 bits per heavy atom. The second-order valence-corrected chi connectivity index (χ2v) is 7.93. The second-order valence-electron chi connectivity index (χ2n) is 7.93. The summed E-state index contributed by atoms with van der Waals surface area (Å²) in [7, 11) is 0. The molecule has 2 heterocycles. The minimum atomic E-state index is -0.283. The minimum absolute atomic E-state index is 0.00903. The van der Waals surface area contributed by atoms with Gasteiger partial charge >= 0.3 is 6.09 Å². The predicted octanol–water partition coefficient (Wildman–Crippen LogP) is 2.58. The van der Waals surface area contributed by atoms with E-state index >= 15 is 0 Å². The average molecular weight is 402 g/mol. The summed E-state index contributed by atoms with van der Waals surface area (Å²) in [6, 6.07) is 7.63. The summed E-state index contributed by atoms with van der Waals surface area (Å²) in [5.41, 5.74) is 1.79. The molecule has 0 spiro atoms. The molecule has 158 valence electrons. The molecule has 1 aromatic rings. The van der Waals surface area contributed by atoms with E-state index in [-0.39, 0.29) is 29.9 Å². The van der Waals surface area contributed by atoms with Gasteiger partial charge in [-0.25, -0.2) is 4.79 Å². The maximum atomic E-state index is 12.8. The maximum Gasteiger partial charge on any atom is 0.409 e. The summed E-state index contributed by atoms with van der Waals surface area (Å²) in [5.74, 6) is -0.174. The van der Waals surface area contributed by atoms with Crippen LogP contribution in [-0.4, -0.2) is 66.5 Å². The Balaban J connectivity index is 1.49. The van der Waals surface area contributed by atoms with Gasteiger partial charge in [0.25, 0.3) is 5.91 Å². The van der Waals surface area contributed by atoms with Crippen molar-refractivity contribution in [2.45, 2.75) is 45.6 Å². The number of aryl methyl sites for hydroxylation is 1. The molecule has 1 atom stereocenters. The van der Waals surface area contributed by atoms with Gasteiger partial charge in [0.15, 0.2) is 0 Å². The number of ether oxygens (including phenoxy) is 1. The summed E-state index contributed by atoms with van der Waals surface area (Å²) in [6.45, 7) is 6.48. The second kappa shape index (κ2) is 9.76. The van der Waals surface area contributed by atoms with Gasteiger partial charge in [-0.15, -0.1) is 0 Å². The summed E-state index contributed by atoms with van der Waals surface area (Å²) in [4.78, 5) is 40.8. The van der Waals surface area contributed by atoms with Gasteiger partial charge < -0.3 is 19.9 Å². The molecular weight excluding hydrogens is 370 g/mol. The van der Waals surface area contributed by atoms with E-state index in [1.165, 1.54) is 0 Å². The van der Waals surface area contributed by atoms with Crippen molar-refractivity contribution in [3.8, 4) is 0 Å². The fraction of sp³-hybridized carbons (Fsp3) is 0.591. The monoisotopic (exact) mass is 401 g/mol. The molecule has 2 saturated heterocycles. The van der Waals surface area contributed by atoms with Crippen LogP contribution in [0.15, 0.2) is 24.3 Å². The number of nitrogens with zero attached hydrogens (tertiary/aromatic N) is 2. The lowest BCUT2D eigenvalue weighted by atomic mass is 9.95. The van der Waals surface area contributed by atoms with Crippen molar-refractivity contribution in [3.63, 3.8) is 0 Å². The Labute approximate surface area is 172 Å². The lowest BCUT2D eigenvalue weighted by Gasteiger charge is -2.35. The molecule has 0 aliphatic carbocycles. The van der Waals surface area contributed by atoms with Gasteiger partial charge in [-0.3, -0.25) is 9.59 Å². The SMILES string of the molecule is CCOC(=O)N1CCC(NC(=O)C2CCCN(C(=O)c3ccc(C)cc3)C2)CC1. The first-order valence-corrected chi connectivity index (χ1v) is 10.6. The third kappa shape index (κ3) is 5.49. The Bertz CT molecular complexity index is 726. The lowest BCUT2D eigenvalue weighted by molar-refractivity contribution is -0.127. The number of nitrogens with one attached hydrogen (secondary N) is 1. The summed E-state index contributed by atoms with van der Waals surface area (Å²) < 4.78 is 5.03. The van der Waals surface area contributed by atoms with Crippen molar-refractivity contribution in [2.75, 3.05) is 32.8 Å². The van der Waals surface area contributed by atoms with Crippen LogP contribution in [0.3, 0.4) is 0 Å². The van der Waals surface area contributed by atoms with Gasteiger partial charge in [0.05, 0.1) is 12.5 Å². The molecule has 0 bridgehead atoms. The first-order chi connectivity index (χ1) is 14.0. The van der Waals surface area contributed by atoms with Gasteiger partial charge in [0, 0.05) is 37.8 Å². The summed E-state index contributed by atoms with van der Waals surface area (Å²) in [6.07, 6.45) is 2.80. The fourth-order valence-corrected chi connectivity index (χ4v) is 3.99. The molecule has 2 fully saturated rings. The first-order valence-electron chi connectivity index (χ1n) is 10.6. The first kappa shape index (κ1) is 21.1. The van der Waals surface area contributed by atoms with E-state index in [0.717, 1.165) is 31.2 Å². The van der Waals surface area contributed by atoms with Crippen LogP contribution in [-0.2, 0) is 9.53 Å².